The standard InChI is InChI=1S/C24H15F2N3O3S/c25-20-6-2-5-18(21(20)26)14-7-9-15(10-8-14)22-19-11-12-32-24(19)29-23(28-22)16-3-1-4-17(13-16)33(27,30)31/h1-13H,(H2,27,30,31). The first-order chi connectivity index (χ1) is 15.8. The van der Waals surface area contributed by atoms with Crippen LogP contribution in [-0.4, -0.2) is 18.4 Å². The number of sulfonamides is 1. The quantitative estimate of drug-likeness (QED) is 0.397. The average Bonchev–Trinajstić information content (AvgIpc) is 3.29. The molecule has 0 fully saturated rings. The molecule has 0 aliphatic heterocycles. The van der Waals surface area contributed by atoms with Gasteiger partial charge in [-0.1, -0.05) is 48.5 Å². The summed E-state index contributed by atoms with van der Waals surface area (Å²) in [6, 6.07) is 18.5. The summed E-state index contributed by atoms with van der Waals surface area (Å²) in [6.07, 6.45) is 1.48. The molecule has 5 rings (SSSR count). The minimum atomic E-state index is -3.90. The number of furan rings is 1. The summed E-state index contributed by atoms with van der Waals surface area (Å²) >= 11 is 0. The van der Waals surface area contributed by atoms with Crippen LogP contribution in [0.4, 0.5) is 8.78 Å². The number of nitrogens with zero attached hydrogens (tertiary/aromatic N) is 2. The van der Waals surface area contributed by atoms with Crippen molar-refractivity contribution >= 4 is 21.1 Å². The van der Waals surface area contributed by atoms with E-state index in [4.69, 9.17) is 9.56 Å². The highest BCUT2D eigenvalue weighted by atomic mass is 32.2. The van der Waals surface area contributed by atoms with Crippen molar-refractivity contribution in [2.24, 2.45) is 5.14 Å². The molecule has 0 spiro atoms. The van der Waals surface area contributed by atoms with E-state index in [0.29, 0.717) is 33.5 Å². The van der Waals surface area contributed by atoms with Crippen LogP contribution in [0.25, 0.3) is 44.9 Å². The summed E-state index contributed by atoms with van der Waals surface area (Å²) in [5.41, 5.74) is 2.65. The number of benzene rings is 3. The van der Waals surface area contributed by atoms with E-state index in [1.807, 2.05) is 0 Å². The molecule has 2 heterocycles. The second-order valence-electron chi connectivity index (χ2n) is 7.29. The molecule has 0 unspecified atom stereocenters. The van der Waals surface area contributed by atoms with Crippen LogP contribution in [0.3, 0.4) is 0 Å². The SMILES string of the molecule is NS(=O)(=O)c1cccc(-c2nc(-c3ccc(-c4cccc(F)c4F)cc3)c3ccoc3n2)c1. The minimum absolute atomic E-state index is 0.0637. The van der Waals surface area contributed by atoms with Crippen molar-refractivity contribution in [3.8, 4) is 33.8 Å². The van der Waals surface area contributed by atoms with Crippen LogP contribution in [0.2, 0.25) is 0 Å². The Balaban J connectivity index is 1.62. The highest BCUT2D eigenvalue weighted by Gasteiger charge is 2.16. The molecular formula is C24H15F2N3O3S. The molecular weight excluding hydrogens is 448 g/mol. The van der Waals surface area contributed by atoms with Gasteiger partial charge in [0, 0.05) is 16.7 Å². The van der Waals surface area contributed by atoms with Crippen LogP contribution in [0.1, 0.15) is 0 Å². The van der Waals surface area contributed by atoms with E-state index >= 15 is 0 Å². The molecule has 0 saturated heterocycles. The molecule has 0 saturated carbocycles. The number of primary sulfonamides is 1. The van der Waals surface area contributed by atoms with E-state index in [1.165, 1.54) is 30.5 Å². The predicted octanol–water partition coefficient (Wildman–Crippen LogP) is 5.15. The van der Waals surface area contributed by atoms with Crippen molar-refractivity contribution in [3.05, 3.63) is 90.7 Å². The maximum Gasteiger partial charge on any atom is 0.238 e. The molecule has 0 atom stereocenters. The number of halogens is 2. The first-order valence-electron chi connectivity index (χ1n) is 9.74. The first-order valence-corrected chi connectivity index (χ1v) is 11.3. The van der Waals surface area contributed by atoms with Crippen LogP contribution < -0.4 is 5.14 Å². The lowest BCUT2D eigenvalue weighted by atomic mass is 10.0. The Bertz CT molecular complexity index is 1610. The van der Waals surface area contributed by atoms with E-state index in [0.717, 1.165) is 6.07 Å². The Kier molecular flexibility index (Phi) is 4.99. The average molecular weight is 463 g/mol. The zero-order chi connectivity index (χ0) is 23.2. The molecule has 0 amide bonds. The molecule has 33 heavy (non-hydrogen) atoms. The lowest BCUT2D eigenvalue weighted by Crippen LogP contribution is -2.12. The van der Waals surface area contributed by atoms with E-state index < -0.39 is 21.7 Å². The Morgan fingerprint density at radius 1 is 0.818 bits per heavy atom. The summed E-state index contributed by atoms with van der Waals surface area (Å²) in [4.78, 5) is 8.96. The summed E-state index contributed by atoms with van der Waals surface area (Å²) in [6.45, 7) is 0. The van der Waals surface area contributed by atoms with Crippen LogP contribution in [0, 0.1) is 11.6 Å². The topological polar surface area (TPSA) is 99.1 Å². The molecule has 2 aromatic heterocycles. The number of aromatic nitrogens is 2. The second kappa shape index (κ2) is 7.88. The molecule has 0 aliphatic carbocycles. The molecule has 6 nitrogen and oxygen atoms in total. The Labute approximate surface area is 187 Å². The van der Waals surface area contributed by atoms with Gasteiger partial charge < -0.3 is 4.42 Å². The van der Waals surface area contributed by atoms with Gasteiger partial charge >= 0.3 is 0 Å². The van der Waals surface area contributed by atoms with E-state index in [9.17, 15) is 17.2 Å². The van der Waals surface area contributed by atoms with Gasteiger partial charge in [-0.25, -0.2) is 27.3 Å². The Morgan fingerprint density at radius 2 is 1.55 bits per heavy atom. The van der Waals surface area contributed by atoms with Crippen molar-refractivity contribution in [2.75, 3.05) is 0 Å². The zero-order valence-electron chi connectivity index (χ0n) is 16.9. The van der Waals surface area contributed by atoms with Crippen molar-refractivity contribution in [1.29, 1.82) is 0 Å². The van der Waals surface area contributed by atoms with Gasteiger partial charge in [0.05, 0.1) is 22.2 Å². The number of nitrogens with two attached hydrogens (primary N) is 1. The third kappa shape index (κ3) is 3.88. The zero-order valence-corrected chi connectivity index (χ0v) is 17.7. The number of hydrogen-bond donors (Lipinski definition) is 1. The maximum atomic E-state index is 14.2. The molecule has 0 aliphatic rings. The molecule has 2 N–H and O–H groups in total. The van der Waals surface area contributed by atoms with Gasteiger partial charge in [0.25, 0.3) is 0 Å². The van der Waals surface area contributed by atoms with E-state index in [2.05, 4.69) is 9.97 Å². The fourth-order valence-corrected chi connectivity index (χ4v) is 4.11. The van der Waals surface area contributed by atoms with Crippen molar-refractivity contribution in [2.45, 2.75) is 4.90 Å². The lowest BCUT2D eigenvalue weighted by molar-refractivity contribution is 0.511. The fraction of sp³-hybridized carbons (Fsp3) is 0. The summed E-state index contributed by atoms with van der Waals surface area (Å²) in [7, 11) is -3.90. The summed E-state index contributed by atoms with van der Waals surface area (Å²) in [5, 5.41) is 5.89. The van der Waals surface area contributed by atoms with Crippen molar-refractivity contribution in [3.63, 3.8) is 0 Å². The molecule has 164 valence electrons. The minimum Gasteiger partial charge on any atom is -0.446 e. The second-order valence-corrected chi connectivity index (χ2v) is 8.85. The summed E-state index contributed by atoms with van der Waals surface area (Å²) < 4.78 is 56.7. The maximum absolute atomic E-state index is 14.2. The number of hydrogen-bond acceptors (Lipinski definition) is 5. The molecule has 0 bridgehead atoms. The van der Waals surface area contributed by atoms with Gasteiger partial charge in [-0.15, -0.1) is 0 Å². The van der Waals surface area contributed by atoms with Crippen molar-refractivity contribution in [1.82, 2.24) is 9.97 Å². The monoisotopic (exact) mass is 463 g/mol. The highest BCUT2D eigenvalue weighted by molar-refractivity contribution is 7.89. The van der Waals surface area contributed by atoms with E-state index in [1.54, 1.807) is 42.5 Å². The third-order valence-corrected chi connectivity index (χ3v) is 6.08. The first kappa shape index (κ1) is 20.9. The van der Waals surface area contributed by atoms with Gasteiger partial charge in [0.15, 0.2) is 17.5 Å². The third-order valence-electron chi connectivity index (χ3n) is 5.17. The van der Waals surface area contributed by atoms with Crippen LogP contribution in [0.5, 0.6) is 0 Å². The van der Waals surface area contributed by atoms with Crippen LogP contribution in [-0.2, 0) is 10.0 Å². The molecule has 9 heteroatoms. The van der Waals surface area contributed by atoms with Crippen molar-refractivity contribution < 1.29 is 21.6 Å². The smallest absolute Gasteiger partial charge is 0.238 e. The Hall–Kier alpha value is -3.95. The van der Waals surface area contributed by atoms with Crippen LogP contribution >= 0.6 is 0 Å². The molecule has 5 aromatic rings. The van der Waals surface area contributed by atoms with Gasteiger partial charge in [0.2, 0.25) is 15.7 Å². The normalized spacial score (nSPS) is 11.7. The van der Waals surface area contributed by atoms with Gasteiger partial charge in [-0.3, -0.25) is 0 Å². The molecule has 3 aromatic carbocycles. The number of fused-ring (bicyclic) bond motifs is 1. The Morgan fingerprint density at radius 3 is 2.30 bits per heavy atom. The lowest BCUT2D eigenvalue weighted by Gasteiger charge is -2.09. The van der Waals surface area contributed by atoms with Crippen LogP contribution in [0.15, 0.2) is 88.4 Å². The number of rotatable bonds is 4. The fourth-order valence-electron chi connectivity index (χ4n) is 3.55. The van der Waals surface area contributed by atoms with E-state index in [-0.39, 0.29) is 16.3 Å². The van der Waals surface area contributed by atoms with Gasteiger partial charge in [-0.2, -0.15) is 4.98 Å². The largest absolute Gasteiger partial charge is 0.446 e. The molecule has 0 radical (unpaired) electrons. The summed E-state index contributed by atoms with van der Waals surface area (Å²) in [5.74, 6) is -1.58. The van der Waals surface area contributed by atoms with Gasteiger partial charge in [-0.05, 0) is 29.8 Å². The van der Waals surface area contributed by atoms with Gasteiger partial charge in [0.1, 0.15) is 0 Å². The highest BCUT2D eigenvalue weighted by Crippen LogP contribution is 2.32. The predicted molar refractivity (Wildman–Crippen MR) is 119 cm³/mol.